The average Bonchev–Trinajstić information content (AvgIpc) is 3.04. The standard InChI is InChI=1S/C18H26N2O2/c21-17(14-6-2-1-3-7-14)12-16-9-5-11-20(16)18(22)15-8-4-10-19-13-15/h1-3,6-7,15-17,19,21H,4-5,8-13H2/t15-,16+,17+/m1/s1. The predicted octanol–water partition coefficient (Wildman–Crippen LogP) is 2.10. The second kappa shape index (κ2) is 7.25. The Morgan fingerprint density at radius 3 is 2.82 bits per heavy atom. The molecule has 0 spiro atoms. The zero-order valence-electron chi connectivity index (χ0n) is 13.1. The SMILES string of the molecule is O=C([C@@H]1CCCNC1)N1CCC[C@H]1C[C@H](O)c1ccccc1. The average molecular weight is 302 g/mol. The van der Waals surface area contributed by atoms with Crippen LogP contribution in [-0.2, 0) is 4.79 Å². The van der Waals surface area contributed by atoms with E-state index in [4.69, 9.17) is 0 Å². The van der Waals surface area contributed by atoms with Crippen molar-refractivity contribution in [3.05, 3.63) is 35.9 Å². The van der Waals surface area contributed by atoms with Crippen molar-refractivity contribution in [2.24, 2.45) is 5.92 Å². The smallest absolute Gasteiger partial charge is 0.227 e. The van der Waals surface area contributed by atoms with Crippen molar-refractivity contribution in [3.8, 4) is 0 Å². The third-order valence-corrected chi connectivity index (χ3v) is 4.99. The van der Waals surface area contributed by atoms with Gasteiger partial charge in [-0.2, -0.15) is 0 Å². The van der Waals surface area contributed by atoms with Crippen molar-refractivity contribution in [1.29, 1.82) is 0 Å². The van der Waals surface area contributed by atoms with Gasteiger partial charge in [-0.05, 0) is 44.2 Å². The molecule has 1 amide bonds. The summed E-state index contributed by atoms with van der Waals surface area (Å²) in [6, 6.07) is 9.95. The highest BCUT2D eigenvalue weighted by Crippen LogP contribution is 2.29. The van der Waals surface area contributed by atoms with Crippen molar-refractivity contribution >= 4 is 5.91 Å². The third-order valence-electron chi connectivity index (χ3n) is 4.99. The minimum atomic E-state index is -0.482. The van der Waals surface area contributed by atoms with Crippen LogP contribution in [0.15, 0.2) is 30.3 Å². The molecule has 2 N–H and O–H groups in total. The van der Waals surface area contributed by atoms with Crippen molar-refractivity contribution < 1.29 is 9.90 Å². The molecule has 0 aromatic heterocycles. The van der Waals surface area contributed by atoms with Gasteiger partial charge in [0.25, 0.3) is 0 Å². The highest BCUT2D eigenvalue weighted by Gasteiger charge is 2.34. The highest BCUT2D eigenvalue weighted by atomic mass is 16.3. The normalized spacial score (nSPS) is 26.9. The number of hydrogen-bond donors (Lipinski definition) is 2. The molecule has 0 unspecified atom stereocenters. The van der Waals surface area contributed by atoms with Gasteiger partial charge in [0.15, 0.2) is 0 Å². The third kappa shape index (κ3) is 3.50. The van der Waals surface area contributed by atoms with Gasteiger partial charge in [-0.1, -0.05) is 30.3 Å². The lowest BCUT2D eigenvalue weighted by Crippen LogP contribution is -2.45. The predicted molar refractivity (Wildman–Crippen MR) is 86.3 cm³/mol. The van der Waals surface area contributed by atoms with E-state index in [1.165, 1.54) is 0 Å². The van der Waals surface area contributed by atoms with Crippen LogP contribution in [0, 0.1) is 5.92 Å². The molecule has 3 rings (SSSR count). The Morgan fingerprint density at radius 2 is 2.09 bits per heavy atom. The molecule has 2 aliphatic heterocycles. The number of aliphatic hydroxyl groups excluding tert-OH is 1. The van der Waals surface area contributed by atoms with E-state index in [1.54, 1.807) is 0 Å². The summed E-state index contributed by atoms with van der Waals surface area (Å²) in [7, 11) is 0. The van der Waals surface area contributed by atoms with Gasteiger partial charge >= 0.3 is 0 Å². The number of carbonyl (C=O) groups is 1. The second-order valence-corrected chi connectivity index (χ2v) is 6.53. The van der Waals surface area contributed by atoms with Crippen LogP contribution in [0.4, 0.5) is 0 Å². The molecule has 1 aromatic carbocycles. The monoisotopic (exact) mass is 302 g/mol. The van der Waals surface area contributed by atoms with E-state index in [9.17, 15) is 9.90 Å². The van der Waals surface area contributed by atoms with Crippen LogP contribution in [0.2, 0.25) is 0 Å². The molecule has 4 nitrogen and oxygen atoms in total. The molecule has 3 atom stereocenters. The lowest BCUT2D eigenvalue weighted by molar-refractivity contribution is -0.137. The topological polar surface area (TPSA) is 52.6 Å². The molecule has 2 saturated heterocycles. The molecule has 2 aliphatic rings. The number of benzene rings is 1. The number of likely N-dealkylation sites (tertiary alicyclic amines) is 1. The minimum absolute atomic E-state index is 0.128. The van der Waals surface area contributed by atoms with Gasteiger partial charge in [-0.3, -0.25) is 4.79 Å². The largest absolute Gasteiger partial charge is 0.388 e. The van der Waals surface area contributed by atoms with Crippen LogP contribution in [-0.4, -0.2) is 41.6 Å². The Hall–Kier alpha value is -1.39. The molecular formula is C18H26N2O2. The maximum atomic E-state index is 12.7. The molecule has 0 aliphatic carbocycles. The summed E-state index contributed by atoms with van der Waals surface area (Å²) in [6.07, 6.45) is 4.31. The molecule has 0 bridgehead atoms. The summed E-state index contributed by atoms with van der Waals surface area (Å²) >= 11 is 0. The number of amides is 1. The van der Waals surface area contributed by atoms with E-state index < -0.39 is 6.10 Å². The first kappa shape index (κ1) is 15.5. The Labute approximate surface area is 132 Å². The summed E-state index contributed by atoms with van der Waals surface area (Å²) in [5, 5.41) is 13.8. The van der Waals surface area contributed by atoms with Gasteiger partial charge in [-0.15, -0.1) is 0 Å². The summed E-state index contributed by atoms with van der Waals surface area (Å²) < 4.78 is 0. The highest BCUT2D eigenvalue weighted by molar-refractivity contribution is 5.79. The van der Waals surface area contributed by atoms with E-state index >= 15 is 0 Å². The summed E-state index contributed by atoms with van der Waals surface area (Å²) in [6.45, 7) is 2.69. The number of aliphatic hydroxyl groups is 1. The Morgan fingerprint density at radius 1 is 1.27 bits per heavy atom. The van der Waals surface area contributed by atoms with Crippen LogP contribution < -0.4 is 5.32 Å². The maximum Gasteiger partial charge on any atom is 0.227 e. The fraction of sp³-hybridized carbons (Fsp3) is 0.611. The van der Waals surface area contributed by atoms with E-state index in [0.717, 1.165) is 50.9 Å². The van der Waals surface area contributed by atoms with Gasteiger partial charge in [0, 0.05) is 19.1 Å². The summed E-state index contributed by atoms with van der Waals surface area (Å²) in [4.78, 5) is 14.8. The first-order valence-electron chi connectivity index (χ1n) is 8.50. The van der Waals surface area contributed by atoms with Crippen LogP contribution in [0.3, 0.4) is 0 Å². The fourth-order valence-electron chi connectivity index (χ4n) is 3.74. The number of nitrogens with one attached hydrogen (secondary N) is 1. The Kier molecular flexibility index (Phi) is 5.11. The van der Waals surface area contributed by atoms with E-state index in [2.05, 4.69) is 5.32 Å². The van der Waals surface area contributed by atoms with Gasteiger partial charge in [0.05, 0.1) is 12.0 Å². The van der Waals surface area contributed by atoms with E-state index in [1.807, 2.05) is 35.2 Å². The van der Waals surface area contributed by atoms with Crippen molar-refractivity contribution in [3.63, 3.8) is 0 Å². The number of hydrogen-bond acceptors (Lipinski definition) is 3. The van der Waals surface area contributed by atoms with Gasteiger partial charge in [0.1, 0.15) is 0 Å². The molecule has 4 heteroatoms. The van der Waals surface area contributed by atoms with Gasteiger partial charge in [-0.25, -0.2) is 0 Å². The number of nitrogens with zero attached hydrogens (tertiary/aromatic N) is 1. The van der Waals surface area contributed by atoms with Crippen LogP contribution in [0.5, 0.6) is 0 Å². The maximum absolute atomic E-state index is 12.7. The van der Waals surface area contributed by atoms with Crippen molar-refractivity contribution in [2.75, 3.05) is 19.6 Å². The zero-order chi connectivity index (χ0) is 15.4. The summed E-state index contributed by atoms with van der Waals surface area (Å²) in [5.41, 5.74) is 0.945. The summed E-state index contributed by atoms with van der Waals surface area (Å²) in [5.74, 6) is 0.415. The van der Waals surface area contributed by atoms with Crippen LogP contribution in [0.25, 0.3) is 0 Å². The van der Waals surface area contributed by atoms with Crippen molar-refractivity contribution in [1.82, 2.24) is 10.2 Å². The zero-order valence-corrected chi connectivity index (χ0v) is 13.1. The fourth-order valence-corrected chi connectivity index (χ4v) is 3.74. The van der Waals surface area contributed by atoms with Crippen LogP contribution in [0.1, 0.15) is 43.8 Å². The van der Waals surface area contributed by atoms with Gasteiger partial charge < -0.3 is 15.3 Å². The molecule has 2 heterocycles. The molecule has 22 heavy (non-hydrogen) atoms. The Balaban J connectivity index is 1.61. The van der Waals surface area contributed by atoms with Gasteiger partial charge in [0.2, 0.25) is 5.91 Å². The number of carbonyl (C=O) groups excluding carboxylic acids is 1. The lowest BCUT2D eigenvalue weighted by atomic mass is 9.96. The van der Waals surface area contributed by atoms with E-state index in [-0.39, 0.29) is 17.9 Å². The first-order chi connectivity index (χ1) is 10.8. The lowest BCUT2D eigenvalue weighted by Gasteiger charge is -2.32. The quantitative estimate of drug-likeness (QED) is 0.895. The molecule has 120 valence electrons. The van der Waals surface area contributed by atoms with Crippen molar-refractivity contribution in [2.45, 2.75) is 44.2 Å². The minimum Gasteiger partial charge on any atom is -0.388 e. The Bertz CT molecular complexity index is 485. The molecule has 1 aromatic rings. The molecular weight excluding hydrogens is 276 g/mol. The van der Waals surface area contributed by atoms with E-state index in [0.29, 0.717) is 6.42 Å². The molecule has 2 fully saturated rings. The molecule has 0 saturated carbocycles. The number of piperidine rings is 1. The number of rotatable bonds is 4. The van der Waals surface area contributed by atoms with Crippen LogP contribution >= 0.6 is 0 Å². The molecule has 0 radical (unpaired) electrons. The first-order valence-corrected chi connectivity index (χ1v) is 8.50. The second-order valence-electron chi connectivity index (χ2n) is 6.53.